The first-order valence-electron chi connectivity index (χ1n) is 7.50. The van der Waals surface area contributed by atoms with E-state index in [1.54, 1.807) is 24.0 Å². The number of rotatable bonds is 4. The van der Waals surface area contributed by atoms with Crippen molar-refractivity contribution in [1.82, 2.24) is 19.6 Å². The number of nitrogens with zero attached hydrogens (tertiary/aromatic N) is 4. The van der Waals surface area contributed by atoms with Crippen molar-refractivity contribution >= 4 is 17.3 Å². The Hall–Kier alpha value is -3.41. The molecule has 0 aliphatic rings. The van der Waals surface area contributed by atoms with Crippen molar-refractivity contribution in [2.45, 2.75) is 0 Å². The topological polar surface area (TPSA) is 64.3 Å². The van der Waals surface area contributed by atoms with Crippen LogP contribution in [0, 0.1) is 0 Å². The van der Waals surface area contributed by atoms with Crippen molar-refractivity contribution < 1.29 is 4.74 Å². The Kier molecular flexibility index (Phi) is 3.55. The highest BCUT2D eigenvalue weighted by Crippen LogP contribution is 2.27. The molecular weight excluding hydrogens is 302 g/mol. The van der Waals surface area contributed by atoms with Crippen molar-refractivity contribution in [2.75, 3.05) is 12.4 Å². The fourth-order valence-corrected chi connectivity index (χ4v) is 2.54. The molecule has 1 aromatic carbocycles. The molecule has 6 nitrogen and oxygen atoms in total. The van der Waals surface area contributed by atoms with E-state index in [9.17, 15) is 0 Å². The molecule has 4 aromatic rings. The van der Waals surface area contributed by atoms with Gasteiger partial charge >= 0.3 is 0 Å². The molecule has 0 unspecified atom stereocenters. The highest BCUT2D eigenvalue weighted by atomic mass is 16.5. The maximum absolute atomic E-state index is 5.31. The van der Waals surface area contributed by atoms with Crippen LogP contribution < -0.4 is 10.1 Å². The number of benzene rings is 1. The van der Waals surface area contributed by atoms with Gasteiger partial charge in [0.15, 0.2) is 5.65 Å². The first kappa shape index (κ1) is 14.2. The Morgan fingerprint density at radius 2 is 1.92 bits per heavy atom. The van der Waals surface area contributed by atoms with Crippen molar-refractivity contribution in [3.8, 4) is 16.9 Å². The van der Waals surface area contributed by atoms with Gasteiger partial charge in [-0.15, -0.1) is 5.10 Å². The highest BCUT2D eigenvalue weighted by Gasteiger charge is 2.10. The van der Waals surface area contributed by atoms with Crippen LogP contribution in [0.15, 0.2) is 67.1 Å². The molecule has 0 bridgehead atoms. The molecule has 118 valence electrons. The van der Waals surface area contributed by atoms with E-state index >= 15 is 0 Å². The molecule has 0 saturated heterocycles. The number of fused-ring (bicyclic) bond motifs is 1. The lowest BCUT2D eigenvalue weighted by Gasteiger charge is -2.05. The Morgan fingerprint density at radius 3 is 2.75 bits per heavy atom. The number of hydrogen-bond acceptors (Lipinski definition) is 5. The van der Waals surface area contributed by atoms with Gasteiger partial charge in [0.25, 0.3) is 0 Å². The fourth-order valence-electron chi connectivity index (χ4n) is 2.54. The average Bonchev–Trinajstić information content (AvgIpc) is 3.05. The Labute approximate surface area is 138 Å². The van der Waals surface area contributed by atoms with Gasteiger partial charge in [0, 0.05) is 29.8 Å². The molecule has 0 radical (unpaired) electrons. The van der Waals surface area contributed by atoms with E-state index in [0.717, 1.165) is 28.2 Å². The molecule has 0 amide bonds. The minimum Gasteiger partial charge on any atom is -0.497 e. The molecule has 0 aliphatic carbocycles. The van der Waals surface area contributed by atoms with Gasteiger partial charge < -0.3 is 10.1 Å². The van der Waals surface area contributed by atoms with Gasteiger partial charge in [0.05, 0.1) is 7.11 Å². The zero-order valence-corrected chi connectivity index (χ0v) is 13.0. The van der Waals surface area contributed by atoms with Crippen LogP contribution in [0.4, 0.5) is 11.6 Å². The number of anilines is 2. The van der Waals surface area contributed by atoms with E-state index in [2.05, 4.69) is 20.4 Å². The average molecular weight is 317 g/mol. The van der Waals surface area contributed by atoms with Gasteiger partial charge in [0.2, 0.25) is 5.95 Å². The second-order valence-electron chi connectivity index (χ2n) is 5.22. The highest BCUT2D eigenvalue weighted by molar-refractivity contribution is 5.78. The maximum Gasteiger partial charge on any atom is 0.247 e. The largest absolute Gasteiger partial charge is 0.497 e. The predicted molar refractivity (Wildman–Crippen MR) is 92.5 cm³/mol. The van der Waals surface area contributed by atoms with Crippen LogP contribution in [-0.4, -0.2) is 26.7 Å². The Morgan fingerprint density at radius 1 is 1.04 bits per heavy atom. The van der Waals surface area contributed by atoms with E-state index in [1.807, 2.05) is 54.7 Å². The molecule has 3 aromatic heterocycles. The molecule has 1 N–H and O–H groups in total. The zero-order valence-electron chi connectivity index (χ0n) is 13.0. The summed E-state index contributed by atoms with van der Waals surface area (Å²) in [6.07, 6.45) is 5.32. The van der Waals surface area contributed by atoms with Crippen LogP contribution in [0.5, 0.6) is 5.75 Å². The van der Waals surface area contributed by atoms with Crippen molar-refractivity contribution in [3.63, 3.8) is 0 Å². The van der Waals surface area contributed by atoms with Crippen molar-refractivity contribution in [1.29, 1.82) is 0 Å². The summed E-state index contributed by atoms with van der Waals surface area (Å²) < 4.78 is 7.07. The van der Waals surface area contributed by atoms with Crippen LogP contribution in [0.1, 0.15) is 0 Å². The third-order valence-electron chi connectivity index (χ3n) is 3.68. The summed E-state index contributed by atoms with van der Waals surface area (Å²) in [6, 6.07) is 15.6. The minimum absolute atomic E-state index is 0.538. The first-order chi connectivity index (χ1) is 11.8. The summed E-state index contributed by atoms with van der Waals surface area (Å²) in [7, 11) is 1.66. The molecule has 0 atom stereocenters. The molecule has 0 saturated carbocycles. The molecule has 6 heteroatoms. The second-order valence-corrected chi connectivity index (χ2v) is 5.22. The van der Waals surface area contributed by atoms with Crippen LogP contribution >= 0.6 is 0 Å². The fraction of sp³-hybridized carbons (Fsp3) is 0.0556. The smallest absolute Gasteiger partial charge is 0.247 e. The SMILES string of the molecule is COc1cccc(-c2cccn3nc(Nc4ccncc4)nc23)c1. The molecule has 0 spiro atoms. The molecule has 24 heavy (non-hydrogen) atoms. The molecule has 0 aliphatic heterocycles. The lowest BCUT2D eigenvalue weighted by Crippen LogP contribution is -1.93. The number of aromatic nitrogens is 4. The van der Waals surface area contributed by atoms with E-state index in [1.165, 1.54) is 0 Å². The monoisotopic (exact) mass is 317 g/mol. The molecule has 4 rings (SSSR count). The maximum atomic E-state index is 5.31. The number of nitrogens with one attached hydrogen (secondary N) is 1. The van der Waals surface area contributed by atoms with Crippen LogP contribution in [0.25, 0.3) is 16.8 Å². The zero-order chi connectivity index (χ0) is 16.4. The van der Waals surface area contributed by atoms with Crippen LogP contribution in [-0.2, 0) is 0 Å². The third kappa shape index (κ3) is 2.65. The Bertz CT molecular complexity index is 981. The van der Waals surface area contributed by atoms with Crippen molar-refractivity contribution in [2.24, 2.45) is 0 Å². The summed E-state index contributed by atoms with van der Waals surface area (Å²) in [5.41, 5.74) is 3.70. The number of ether oxygens (including phenoxy) is 1. The first-order valence-corrected chi connectivity index (χ1v) is 7.50. The van der Waals surface area contributed by atoms with Gasteiger partial charge in [-0.3, -0.25) is 4.98 Å². The minimum atomic E-state index is 0.538. The lowest BCUT2D eigenvalue weighted by atomic mass is 10.1. The van der Waals surface area contributed by atoms with E-state index in [0.29, 0.717) is 5.95 Å². The van der Waals surface area contributed by atoms with Gasteiger partial charge in [0.1, 0.15) is 5.75 Å². The quantitative estimate of drug-likeness (QED) is 0.623. The summed E-state index contributed by atoms with van der Waals surface area (Å²) in [6.45, 7) is 0. The number of pyridine rings is 2. The van der Waals surface area contributed by atoms with E-state index < -0.39 is 0 Å². The summed E-state index contributed by atoms with van der Waals surface area (Å²) in [5, 5.41) is 7.67. The summed E-state index contributed by atoms with van der Waals surface area (Å²) >= 11 is 0. The van der Waals surface area contributed by atoms with Gasteiger partial charge in [-0.2, -0.15) is 4.98 Å². The number of methoxy groups -OCH3 is 1. The van der Waals surface area contributed by atoms with E-state index in [-0.39, 0.29) is 0 Å². The molecule has 0 fully saturated rings. The third-order valence-corrected chi connectivity index (χ3v) is 3.68. The lowest BCUT2D eigenvalue weighted by molar-refractivity contribution is 0.415. The Balaban J connectivity index is 1.77. The van der Waals surface area contributed by atoms with E-state index in [4.69, 9.17) is 4.74 Å². The standard InChI is InChI=1S/C18H15N5O/c1-24-15-5-2-4-13(12-15)16-6-3-11-23-17(16)21-18(22-23)20-14-7-9-19-10-8-14/h2-12H,1H3,(H,19,20,22). The van der Waals surface area contributed by atoms with Crippen molar-refractivity contribution in [3.05, 3.63) is 67.1 Å². The van der Waals surface area contributed by atoms with Gasteiger partial charge in [-0.05, 0) is 42.0 Å². The van der Waals surface area contributed by atoms with Gasteiger partial charge in [-0.25, -0.2) is 4.52 Å². The van der Waals surface area contributed by atoms with Crippen LogP contribution in [0.2, 0.25) is 0 Å². The number of hydrogen-bond donors (Lipinski definition) is 1. The second kappa shape index (κ2) is 6.00. The van der Waals surface area contributed by atoms with Gasteiger partial charge in [-0.1, -0.05) is 12.1 Å². The molecule has 3 heterocycles. The molecular formula is C18H15N5O. The predicted octanol–water partition coefficient (Wildman–Crippen LogP) is 3.54. The normalized spacial score (nSPS) is 10.7. The van der Waals surface area contributed by atoms with Crippen LogP contribution in [0.3, 0.4) is 0 Å². The summed E-state index contributed by atoms with van der Waals surface area (Å²) in [4.78, 5) is 8.62. The summed E-state index contributed by atoms with van der Waals surface area (Å²) in [5.74, 6) is 1.35.